The van der Waals surface area contributed by atoms with Crippen LogP contribution in [0.2, 0.25) is 0 Å². The Morgan fingerprint density at radius 2 is 1.82 bits per heavy atom. The summed E-state index contributed by atoms with van der Waals surface area (Å²) in [6.07, 6.45) is 0.633. The lowest BCUT2D eigenvalue weighted by Gasteiger charge is -2.31. The summed E-state index contributed by atoms with van der Waals surface area (Å²) < 4.78 is 34.3. The third-order valence-corrected chi connectivity index (χ3v) is 7.31. The van der Waals surface area contributed by atoms with Gasteiger partial charge in [0.15, 0.2) is 12.2 Å². The van der Waals surface area contributed by atoms with Crippen molar-refractivity contribution in [3.05, 3.63) is 0 Å². The lowest BCUT2D eigenvalue weighted by Crippen LogP contribution is -2.50. The van der Waals surface area contributed by atoms with E-state index in [9.17, 15) is 14.4 Å². The van der Waals surface area contributed by atoms with Crippen molar-refractivity contribution in [2.45, 2.75) is 76.3 Å². The summed E-state index contributed by atoms with van der Waals surface area (Å²) in [7, 11) is 0. The maximum Gasteiger partial charge on any atom is 0.320 e. The predicted molar refractivity (Wildman–Crippen MR) is 111 cm³/mol. The van der Waals surface area contributed by atoms with E-state index in [1.165, 1.54) is 0 Å². The highest BCUT2D eigenvalue weighted by Crippen LogP contribution is 2.51. The summed E-state index contributed by atoms with van der Waals surface area (Å²) in [4.78, 5) is 40.4. The molecule has 10 nitrogen and oxygen atoms in total. The van der Waals surface area contributed by atoms with Crippen LogP contribution in [-0.2, 0) is 42.8 Å². The summed E-state index contributed by atoms with van der Waals surface area (Å²) in [6, 6.07) is 0. The van der Waals surface area contributed by atoms with E-state index in [1.54, 1.807) is 0 Å². The smallest absolute Gasteiger partial charge is 0.320 e. The van der Waals surface area contributed by atoms with E-state index in [0.717, 1.165) is 25.7 Å². The highest BCUT2D eigenvalue weighted by atomic mass is 16.7. The van der Waals surface area contributed by atoms with Gasteiger partial charge in [0.1, 0.15) is 24.0 Å². The van der Waals surface area contributed by atoms with Gasteiger partial charge in [0.05, 0.1) is 25.9 Å². The Bertz CT molecular complexity index is 761. The first kappa shape index (κ1) is 23.0. The number of fused-ring (bicyclic) bond motifs is 1. The van der Waals surface area contributed by atoms with Crippen molar-refractivity contribution in [2.24, 2.45) is 17.8 Å². The van der Waals surface area contributed by atoms with Gasteiger partial charge >= 0.3 is 17.9 Å². The molecule has 1 aliphatic carbocycles. The van der Waals surface area contributed by atoms with E-state index in [-0.39, 0.29) is 18.6 Å². The molecule has 2 bridgehead atoms. The molecule has 5 aliphatic rings. The molecular weight excluding hydrogens is 434 g/mol. The predicted octanol–water partition coefficient (Wildman–Crippen LogP) is 0.654. The molecule has 0 aromatic rings. The van der Waals surface area contributed by atoms with Crippen LogP contribution in [0.15, 0.2) is 0 Å². The first-order valence-electron chi connectivity index (χ1n) is 12.1. The summed E-state index contributed by atoms with van der Waals surface area (Å²) in [5, 5.41) is 0. The molecule has 0 spiro atoms. The standard InChI is InChI=1S/C23H33NO9/c1-12(2)23(29-13-5-3-4-6-13)33-22(27)16-15-18-20(32-21(15)26)19(17(16)31-18)30-14(25)11-24-7-9-28-10-8-24/h12-13,15-20,23H,3-11H2,1-2H3. The molecular formula is C23H33NO9. The van der Waals surface area contributed by atoms with E-state index in [1.807, 2.05) is 18.7 Å². The Morgan fingerprint density at radius 1 is 1.09 bits per heavy atom. The highest BCUT2D eigenvalue weighted by Gasteiger charge is 2.72. The van der Waals surface area contributed by atoms with Gasteiger partial charge in [-0.1, -0.05) is 26.7 Å². The summed E-state index contributed by atoms with van der Waals surface area (Å²) >= 11 is 0. The van der Waals surface area contributed by atoms with Crippen LogP contribution in [0.3, 0.4) is 0 Å². The number of morpholine rings is 1. The average Bonchev–Trinajstić information content (AvgIpc) is 3.53. The number of nitrogens with zero attached hydrogens (tertiary/aromatic N) is 1. The molecule has 184 valence electrons. The SMILES string of the molecule is CC(C)C(OC(=O)C1C2OC3C(OC(=O)C31)C2OC(=O)CN1CCOCC1)OC1CCCC1. The van der Waals surface area contributed by atoms with Crippen molar-refractivity contribution in [2.75, 3.05) is 32.8 Å². The van der Waals surface area contributed by atoms with Crippen LogP contribution in [0.5, 0.6) is 0 Å². The molecule has 33 heavy (non-hydrogen) atoms. The van der Waals surface area contributed by atoms with Gasteiger partial charge in [-0.05, 0) is 12.8 Å². The summed E-state index contributed by atoms with van der Waals surface area (Å²) in [6.45, 7) is 6.41. The summed E-state index contributed by atoms with van der Waals surface area (Å²) in [5.74, 6) is -3.15. The molecule has 1 saturated carbocycles. The minimum atomic E-state index is -0.879. The Hall–Kier alpha value is -1.75. The normalized spacial score (nSPS) is 36.9. The second-order valence-electron chi connectivity index (χ2n) is 9.95. The Labute approximate surface area is 193 Å². The molecule has 5 rings (SSSR count). The van der Waals surface area contributed by atoms with Gasteiger partial charge < -0.3 is 28.4 Å². The second-order valence-corrected chi connectivity index (χ2v) is 9.95. The fraction of sp³-hybridized carbons (Fsp3) is 0.870. The molecule has 4 heterocycles. The fourth-order valence-electron chi connectivity index (χ4n) is 5.60. The zero-order chi connectivity index (χ0) is 23.1. The number of rotatable bonds is 8. The molecule has 0 aromatic heterocycles. The minimum absolute atomic E-state index is 0.0421. The third-order valence-electron chi connectivity index (χ3n) is 7.31. The molecule has 0 amide bonds. The lowest BCUT2D eigenvalue weighted by molar-refractivity contribution is -0.208. The maximum absolute atomic E-state index is 13.3. The lowest BCUT2D eigenvalue weighted by atomic mass is 9.78. The first-order chi connectivity index (χ1) is 15.9. The van der Waals surface area contributed by atoms with Crippen LogP contribution in [0.4, 0.5) is 0 Å². The van der Waals surface area contributed by atoms with Crippen molar-refractivity contribution in [3.63, 3.8) is 0 Å². The number of hydrogen-bond acceptors (Lipinski definition) is 10. The van der Waals surface area contributed by atoms with Crippen molar-refractivity contribution in [1.29, 1.82) is 0 Å². The Kier molecular flexibility index (Phi) is 6.61. The van der Waals surface area contributed by atoms with E-state index in [2.05, 4.69) is 0 Å². The van der Waals surface area contributed by atoms with Crippen LogP contribution < -0.4 is 0 Å². The van der Waals surface area contributed by atoms with Gasteiger partial charge in [0.2, 0.25) is 6.29 Å². The van der Waals surface area contributed by atoms with Crippen LogP contribution in [0.1, 0.15) is 39.5 Å². The van der Waals surface area contributed by atoms with Crippen molar-refractivity contribution in [3.8, 4) is 0 Å². The minimum Gasteiger partial charge on any atom is -0.455 e. The van der Waals surface area contributed by atoms with Crippen LogP contribution in [0, 0.1) is 17.8 Å². The molecule has 0 radical (unpaired) electrons. The van der Waals surface area contributed by atoms with E-state index in [4.69, 9.17) is 28.4 Å². The highest BCUT2D eigenvalue weighted by molar-refractivity contribution is 5.87. The van der Waals surface area contributed by atoms with Crippen molar-refractivity contribution >= 4 is 17.9 Å². The monoisotopic (exact) mass is 467 g/mol. The van der Waals surface area contributed by atoms with Crippen molar-refractivity contribution in [1.82, 2.24) is 4.90 Å². The Balaban J connectivity index is 1.25. The molecule has 0 N–H and O–H groups in total. The van der Waals surface area contributed by atoms with Crippen LogP contribution in [-0.4, -0.2) is 92.5 Å². The van der Waals surface area contributed by atoms with Gasteiger partial charge in [-0.2, -0.15) is 0 Å². The number of esters is 3. The van der Waals surface area contributed by atoms with Gasteiger partial charge in [0.25, 0.3) is 0 Å². The zero-order valence-electron chi connectivity index (χ0n) is 19.2. The largest absolute Gasteiger partial charge is 0.455 e. The second kappa shape index (κ2) is 9.48. The van der Waals surface area contributed by atoms with Gasteiger partial charge in [-0.15, -0.1) is 0 Å². The Morgan fingerprint density at radius 3 is 2.52 bits per heavy atom. The van der Waals surface area contributed by atoms with Crippen LogP contribution in [0.25, 0.3) is 0 Å². The molecule has 7 atom stereocenters. The third kappa shape index (κ3) is 4.50. The van der Waals surface area contributed by atoms with E-state index in [0.29, 0.717) is 26.3 Å². The molecule has 4 aliphatic heterocycles. The quantitative estimate of drug-likeness (QED) is 0.287. The molecule has 7 unspecified atom stereocenters. The van der Waals surface area contributed by atoms with Gasteiger partial charge in [0, 0.05) is 19.0 Å². The molecule has 10 heteroatoms. The summed E-state index contributed by atoms with van der Waals surface area (Å²) in [5.41, 5.74) is 0. The van der Waals surface area contributed by atoms with Gasteiger partial charge in [-0.25, -0.2) is 0 Å². The van der Waals surface area contributed by atoms with E-state index < -0.39 is 60.4 Å². The number of ether oxygens (including phenoxy) is 6. The molecule has 5 fully saturated rings. The zero-order valence-corrected chi connectivity index (χ0v) is 19.2. The maximum atomic E-state index is 13.3. The number of hydrogen-bond donors (Lipinski definition) is 0. The molecule has 0 aromatic carbocycles. The molecule has 4 saturated heterocycles. The topological polar surface area (TPSA) is 110 Å². The van der Waals surface area contributed by atoms with Gasteiger partial charge in [-0.3, -0.25) is 19.3 Å². The number of carbonyl (C=O) groups is 3. The first-order valence-corrected chi connectivity index (χ1v) is 12.1. The number of carbonyl (C=O) groups excluding carboxylic acids is 3. The van der Waals surface area contributed by atoms with Crippen molar-refractivity contribution < 1.29 is 42.8 Å². The van der Waals surface area contributed by atoms with E-state index >= 15 is 0 Å². The fourth-order valence-corrected chi connectivity index (χ4v) is 5.60. The average molecular weight is 468 g/mol. The van der Waals surface area contributed by atoms with Crippen LogP contribution >= 0.6 is 0 Å².